The third-order valence-corrected chi connectivity index (χ3v) is 13.0. The number of carbonyl (C=O) groups is 3. The number of halogens is 8. The molecule has 14 nitrogen and oxygen atoms in total. The van der Waals surface area contributed by atoms with Crippen LogP contribution in [0.4, 0.5) is 46.5 Å². The van der Waals surface area contributed by atoms with Crippen LogP contribution in [0.2, 0.25) is 0 Å². The first kappa shape index (κ1) is 52.2. The van der Waals surface area contributed by atoms with Gasteiger partial charge in [0.05, 0.1) is 63.5 Å². The van der Waals surface area contributed by atoms with Gasteiger partial charge in [0.15, 0.2) is 16.7 Å². The van der Waals surface area contributed by atoms with E-state index in [1.807, 2.05) is 20.8 Å². The number of alkyl halides is 6. The van der Waals surface area contributed by atoms with E-state index in [-0.39, 0.29) is 43.2 Å². The minimum absolute atomic E-state index is 0.0579. The summed E-state index contributed by atoms with van der Waals surface area (Å²) in [4.78, 5) is 60.6. The van der Waals surface area contributed by atoms with Crippen LogP contribution in [0, 0.1) is 28.4 Å². The Labute approximate surface area is 411 Å². The molecule has 2 aliphatic rings. The van der Waals surface area contributed by atoms with E-state index in [1.165, 1.54) is 37.3 Å². The molecular weight excluding hydrogens is 987 g/mol. The lowest BCUT2D eigenvalue weighted by atomic mass is 9.85. The highest BCUT2D eigenvalue weighted by molar-refractivity contribution is 7.81. The van der Waals surface area contributed by atoms with Crippen LogP contribution < -0.4 is 19.9 Å². The quantitative estimate of drug-likeness (QED) is 0.0582. The smallest absolute Gasteiger partial charge is 0.420 e. The maximum Gasteiger partial charge on any atom is 0.420 e. The summed E-state index contributed by atoms with van der Waals surface area (Å²) >= 11 is 6.83. The summed E-state index contributed by atoms with van der Waals surface area (Å²) in [6.07, 6.45) is -3.85. The second-order valence-corrected chi connectivity index (χ2v) is 19.4. The number of anilines is 2. The number of nitriles is 1. The molecule has 2 aliphatic heterocycles. The van der Waals surface area contributed by atoms with Gasteiger partial charge in [-0.05, 0) is 87.5 Å². The number of ether oxygens (including phenoxy) is 2. The van der Waals surface area contributed by atoms with Crippen molar-refractivity contribution in [2.24, 2.45) is 5.41 Å². The number of hydrogen-bond donors (Lipinski definition) is 2. The number of carbonyl (C=O) groups excluding carboxylic acids is 3. The summed E-state index contributed by atoms with van der Waals surface area (Å²) in [5, 5.41) is 11.4. The SMILES string of the molecule is CC(C)(C)[C@H](NC(=O)COCCCCOc1ccc(-c2ncc(N3C(=S)N(c4ccc(C#N)c(C(F)(F)F)c4F)C(=O)C3(C)C)cc2F)c(C(F)(F)F)c1)C(=O)N1CCC[C@H]1c1nc(-c2cncs2)c[nH]1. The fourth-order valence-corrected chi connectivity index (χ4v) is 9.42. The summed E-state index contributed by atoms with van der Waals surface area (Å²) in [6, 6.07) is 5.07. The molecule has 5 heterocycles. The molecule has 2 atom stereocenters. The van der Waals surface area contributed by atoms with Crippen LogP contribution in [0.5, 0.6) is 5.75 Å². The number of amides is 3. The van der Waals surface area contributed by atoms with Crippen molar-refractivity contribution in [3.05, 3.63) is 94.6 Å². The summed E-state index contributed by atoms with van der Waals surface area (Å²) in [5.41, 5.74) is -6.92. The molecule has 2 aromatic carbocycles. The monoisotopic (exact) mass is 1030 g/mol. The highest BCUT2D eigenvalue weighted by atomic mass is 32.1. The number of aromatic nitrogens is 4. The Morgan fingerprint density at radius 1 is 1.04 bits per heavy atom. The number of H-pyrrole nitrogens is 1. The maximum atomic E-state index is 15.9. The van der Waals surface area contributed by atoms with Gasteiger partial charge in [-0.3, -0.25) is 29.3 Å². The topological polar surface area (TPSA) is 170 Å². The normalized spacial score (nSPS) is 16.7. The van der Waals surface area contributed by atoms with E-state index in [0.717, 1.165) is 46.3 Å². The molecule has 2 N–H and O–H groups in total. The fourth-order valence-electron chi connectivity index (χ4n) is 8.32. The predicted molar refractivity (Wildman–Crippen MR) is 248 cm³/mol. The van der Waals surface area contributed by atoms with Crippen molar-refractivity contribution in [2.45, 2.75) is 90.3 Å². The summed E-state index contributed by atoms with van der Waals surface area (Å²) in [6.45, 7) is 8.22. The average molecular weight is 1030 g/mol. The van der Waals surface area contributed by atoms with Crippen LogP contribution in [0.25, 0.3) is 21.8 Å². The third-order valence-electron chi connectivity index (χ3n) is 11.8. The highest BCUT2D eigenvalue weighted by Crippen LogP contribution is 2.44. The lowest BCUT2D eigenvalue weighted by Gasteiger charge is -2.35. The molecule has 5 aromatic rings. The van der Waals surface area contributed by atoms with Gasteiger partial charge in [-0.15, -0.1) is 11.3 Å². The van der Waals surface area contributed by atoms with E-state index >= 15 is 8.78 Å². The minimum atomic E-state index is -5.33. The number of thiocarbonyl (C=S) groups is 1. The van der Waals surface area contributed by atoms with Gasteiger partial charge in [0.1, 0.15) is 41.0 Å². The summed E-state index contributed by atoms with van der Waals surface area (Å²) < 4.78 is 127. The van der Waals surface area contributed by atoms with Crippen LogP contribution in [-0.4, -0.2) is 85.6 Å². The van der Waals surface area contributed by atoms with Gasteiger partial charge in [0.2, 0.25) is 11.8 Å². The van der Waals surface area contributed by atoms with E-state index in [2.05, 4.69) is 20.3 Å². The van der Waals surface area contributed by atoms with Crippen molar-refractivity contribution in [3.63, 3.8) is 0 Å². The van der Waals surface area contributed by atoms with Gasteiger partial charge in [-0.25, -0.2) is 13.8 Å². The Hall–Kier alpha value is -6.58. The van der Waals surface area contributed by atoms with Gasteiger partial charge < -0.3 is 29.6 Å². The molecule has 71 heavy (non-hydrogen) atoms. The van der Waals surface area contributed by atoms with E-state index in [1.54, 1.807) is 22.8 Å². The molecule has 376 valence electrons. The van der Waals surface area contributed by atoms with Gasteiger partial charge in [-0.1, -0.05) is 20.8 Å². The molecule has 0 spiro atoms. The van der Waals surface area contributed by atoms with Gasteiger partial charge in [0, 0.05) is 37.2 Å². The van der Waals surface area contributed by atoms with E-state index in [4.69, 9.17) is 31.9 Å². The molecule has 2 saturated heterocycles. The van der Waals surface area contributed by atoms with Gasteiger partial charge in [0.25, 0.3) is 5.91 Å². The number of likely N-dealkylation sites (tertiary alicyclic amines) is 1. The second kappa shape index (κ2) is 20.3. The number of thiazole rings is 1. The van der Waals surface area contributed by atoms with Crippen LogP contribution in [0.1, 0.15) is 88.9 Å². The molecule has 0 unspecified atom stereocenters. The van der Waals surface area contributed by atoms with Crippen LogP contribution in [0.15, 0.2) is 60.5 Å². The number of nitrogens with zero attached hydrogens (tertiary/aromatic N) is 7. The Kier molecular flexibility index (Phi) is 14.9. The largest absolute Gasteiger partial charge is 0.494 e. The average Bonchev–Trinajstić information content (AvgIpc) is 4.12. The fraction of sp³-hybridized carbons (Fsp3) is 0.404. The second-order valence-electron chi connectivity index (χ2n) is 18.2. The standard InChI is InChI=1S/C47H45F8N9O5S2/c1-44(2,3)39(41(66)62-14-8-9-33(62)40-59-21-31(60-40)34-22-57-24-71-34)61-35(65)23-68-15-6-7-16-69-27-11-12-28(29(18-27)46(50,51)52)38-30(48)17-26(20-58-38)64-43(70)63(42(67)45(64,4)5)32-13-10-25(19-56)36(37(32)49)47(53,54)55/h10-13,17-18,20-22,24,33,39H,6-9,14-16,23H2,1-5H3,(H,59,60)(H,61,65)/t33-,39+/m0/s1. The van der Waals surface area contributed by atoms with Crippen molar-refractivity contribution in [2.75, 3.05) is 36.2 Å². The zero-order chi connectivity index (χ0) is 51.8. The first-order valence-corrected chi connectivity index (χ1v) is 23.2. The van der Waals surface area contributed by atoms with E-state index < -0.39 is 91.5 Å². The first-order valence-electron chi connectivity index (χ1n) is 21.9. The first-order chi connectivity index (χ1) is 33.3. The Morgan fingerprint density at radius 2 is 1.77 bits per heavy atom. The van der Waals surface area contributed by atoms with Crippen molar-refractivity contribution >= 4 is 57.8 Å². The number of nitrogens with one attached hydrogen (secondary N) is 2. The molecule has 0 aliphatic carbocycles. The molecule has 3 aromatic heterocycles. The molecule has 24 heteroatoms. The Balaban J connectivity index is 0.939. The third kappa shape index (κ3) is 10.9. The number of unbranched alkanes of at least 4 members (excludes halogenated alkanes) is 1. The molecule has 0 saturated carbocycles. The Morgan fingerprint density at radius 3 is 2.42 bits per heavy atom. The van der Waals surface area contributed by atoms with E-state index in [9.17, 15) is 40.7 Å². The van der Waals surface area contributed by atoms with Gasteiger partial charge >= 0.3 is 12.4 Å². The number of imidazole rings is 1. The number of hydrogen-bond acceptors (Lipinski definition) is 11. The molecule has 0 bridgehead atoms. The van der Waals surface area contributed by atoms with Crippen LogP contribution >= 0.6 is 23.6 Å². The predicted octanol–water partition coefficient (Wildman–Crippen LogP) is 9.77. The number of rotatable bonds is 15. The Bertz CT molecular complexity index is 2880. The number of pyridine rings is 1. The van der Waals surface area contributed by atoms with Crippen molar-refractivity contribution in [3.8, 4) is 33.6 Å². The van der Waals surface area contributed by atoms with Crippen LogP contribution in [-0.2, 0) is 31.5 Å². The lowest BCUT2D eigenvalue weighted by molar-refractivity contribution is -0.141. The molecule has 7 rings (SSSR count). The van der Waals surface area contributed by atoms with Crippen LogP contribution in [0.3, 0.4) is 0 Å². The molecule has 3 amide bonds. The van der Waals surface area contributed by atoms with Crippen molar-refractivity contribution in [1.29, 1.82) is 5.26 Å². The number of aromatic amines is 1. The number of benzene rings is 2. The zero-order valence-corrected chi connectivity index (χ0v) is 40.2. The molecular formula is C47H45F8N9O5S2. The van der Waals surface area contributed by atoms with Gasteiger partial charge in [-0.2, -0.15) is 31.6 Å². The molecule has 2 fully saturated rings. The summed E-state index contributed by atoms with van der Waals surface area (Å²) in [7, 11) is 0. The van der Waals surface area contributed by atoms with Crippen molar-refractivity contribution in [1.82, 2.24) is 30.2 Å². The summed E-state index contributed by atoms with van der Waals surface area (Å²) in [5.74, 6) is -4.60. The zero-order valence-electron chi connectivity index (χ0n) is 38.6. The minimum Gasteiger partial charge on any atom is -0.494 e. The van der Waals surface area contributed by atoms with Crippen molar-refractivity contribution < 1.29 is 59.0 Å². The lowest BCUT2D eigenvalue weighted by Crippen LogP contribution is -2.55. The highest BCUT2D eigenvalue weighted by Gasteiger charge is 2.52. The molecule has 0 radical (unpaired) electrons. The maximum absolute atomic E-state index is 15.9. The van der Waals surface area contributed by atoms with E-state index in [0.29, 0.717) is 48.7 Å².